The summed E-state index contributed by atoms with van der Waals surface area (Å²) in [5, 5.41) is 15.3. The molecule has 1 unspecified atom stereocenters. The predicted molar refractivity (Wildman–Crippen MR) is 147 cm³/mol. The first-order valence-electron chi connectivity index (χ1n) is 14.0. The van der Waals surface area contributed by atoms with E-state index >= 15 is 0 Å². The average molecular weight is 535 g/mol. The summed E-state index contributed by atoms with van der Waals surface area (Å²) in [4.78, 5) is 11.5. The third kappa shape index (κ3) is 5.15. The van der Waals surface area contributed by atoms with Crippen LogP contribution < -0.4 is 9.47 Å². The van der Waals surface area contributed by atoms with E-state index in [0.717, 1.165) is 29.3 Å². The molecule has 0 saturated heterocycles. The maximum Gasteiger partial charge on any atom is 0.348 e. The lowest BCUT2D eigenvalue weighted by Crippen LogP contribution is -2.28. The zero-order valence-corrected chi connectivity index (χ0v) is 22.5. The quantitative estimate of drug-likeness (QED) is 0.316. The maximum atomic E-state index is 11.5. The van der Waals surface area contributed by atoms with Crippen molar-refractivity contribution in [2.75, 3.05) is 6.61 Å². The molecule has 2 fully saturated rings. The van der Waals surface area contributed by atoms with Gasteiger partial charge in [0.1, 0.15) is 11.5 Å². The number of rotatable bonds is 9. The van der Waals surface area contributed by atoms with Crippen LogP contribution in [0.4, 0.5) is 0 Å². The lowest BCUT2D eigenvalue weighted by atomic mass is 9.77. The number of fused-ring (bicyclic) bond motifs is 1. The van der Waals surface area contributed by atoms with E-state index in [4.69, 9.17) is 26.2 Å². The van der Waals surface area contributed by atoms with E-state index in [1.807, 2.05) is 36.4 Å². The Morgan fingerprint density at radius 3 is 2.34 bits per heavy atom. The van der Waals surface area contributed by atoms with Crippen LogP contribution in [0.15, 0.2) is 48.5 Å². The van der Waals surface area contributed by atoms with Gasteiger partial charge >= 0.3 is 5.97 Å². The third-order valence-corrected chi connectivity index (χ3v) is 8.75. The molecule has 0 spiro atoms. The first-order chi connectivity index (χ1) is 18.5. The first-order valence-corrected chi connectivity index (χ1v) is 14.4. The molecule has 3 aliphatic rings. The Morgan fingerprint density at radius 1 is 0.974 bits per heavy atom. The van der Waals surface area contributed by atoms with Crippen molar-refractivity contribution in [3.8, 4) is 17.2 Å². The molecule has 2 saturated carbocycles. The number of aromatic nitrogens is 2. The second kappa shape index (κ2) is 10.6. The summed E-state index contributed by atoms with van der Waals surface area (Å²) >= 11 is 6.22. The Hall–Kier alpha value is -2.99. The molecular weight excluding hydrogens is 500 g/mol. The van der Waals surface area contributed by atoms with E-state index in [9.17, 15) is 9.90 Å². The Bertz CT molecular complexity index is 1270. The standard InChI is InChI=1S/C31H35ClN2O4/c32-22-10-12-23(13-11-22)34-29(26-8-4-5-9-28(26)33-34)27(21-6-2-1-3-7-21)20-37-24-14-16-25(17-15-24)38-31(18-19-31)30(35)36/h10-17,21,27H,1-9,18-20H2,(H,35,36). The van der Waals surface area contributed by atoms with Crippen molar-refractivity contribution in [3.63, 3.8) is 0 Å². The number of aliphatic carboxylic acids is 1. The van der Waals surface area contributed by atoms with Crippen LogP contribution >= 0.6 is 11.6 Å². The van der Waals surface area contributed by atoms with Gasteiger partial charge in [0, 0.05) is 23.8 Å². The lowest BCUT2D eigenvalue weighted by Gasteiger charge is -2.32. The molecule has 3 aliphatic carbocycles. The largest absolute Gasteiger partial charge is 0.493 e. The number of hydrogen-bond acceptors (Lipinski definition) is 4. The zero-order valence-electron chi connectivity index (χ0n) is 21.7. The number of ether oxygens (including phenoxy) is 2. The van der Waals surface area contributed by atoms with Gasteiger partial charge in [0.2, 0.25) is 5.60 Å². The number of carboxylic acids is 1. The smallest absolute Gasteiger partial charge is 0.348 e. The van der Waals surface area contributed by atoms with Crippen LogP contribution in [0.1, 0.15) is 80.7 Å². The number of carbonyl (C=O) groups is 1. The summed E-state index contributed by atoms with van der Waals surface area (Å²) in [5.74, 6) is 1.22. The van der Waals surface area contributed by atoms with Gasteiger partial charge in [-0.3, -0.25) is 0 Å². The van der Waals surface area contributed by atoms with E-state index in [2.05, 4.69) is 16.8 Å². The molecule has 2 aromatic carbocycles. The predicted octanol–water partition coefficient (Wildman–Crippen LogP) is 7.14. The number of halogens is 1. The van der Waals surface area contributed by atoms with Crippen molar-refractivity contribution < 1.29 is 19.4 Å². The van der Waals surface area contributed by atoms with Crippen molar-refractivity contribution >= 4 is 17.6 Å². The number of aryl methyl sites for hydroxylation is 1. The highest BCUT2D eigenvalue weighted by Crippen LogP contribution is 2.42. The van der Waals surface area contributed by atoms with E-state index in [-0.39, 0.29) is 5.92 Å². The molecule has 6 nitrogen and oxygen atoms in total. The minimum Gasteiger partial charge on any atom is -0.493 e. The van der Waals surface area contributed by atoms with Gasteiger partial charge in [0.25, 0.3) is 0 Å². The van der Waals surface area contributed by atoms with Crippen LogP contribution in [-0.4, -0.2) is 33.1 Å². The fraction of sp³-hybridized carbons (Fsp3) is 0.484. The van der Waals surface area contributed by atoms with Gasteiger partial charge in [-0.1, -0.05) is 30.9 Å². The minimum absolute atomic E-state index is 0.234. The maximum absolute atomic E-state index is 11.5. The van der Waals surface area contributed by atoms with Gasteiger partial charge in [-0.05, 0) is 98.5 Å². The van der Waals surface area contributed by atoms with Gasteiger partial charge in [-0.25, -0.2) is 9.48 Å². The fourth-order valence-electron chi connectivity index (χ4n) is 6.20. The summed E-state index contributed by atoms with van der Waals surface area (Å²) < 4.78 is 14.4. The summed E-state index contributed by atoms with van der Waals surface area (Å²) in [6, 6.07) is 15.4. The summed E-state index contributed by atoms with van der Waals surface area (Å²) in [7, 11) is 0. The Morgan fingerprint density at radius 2 is 1.66 bits per heavy atom. The molecule has 0 amide bonds. The van der Waals surface area contributed by atoms with Crippen molar-refractivity contribution in [2.24, 2.45) is 5.92 Å². The normalized spacial score (nSPS) is 19.4. The highest BCUT2D eigenvalue weighted by Gasteiger charge is 2.53. The zero-order chi connectivity index (χ0) is 26.1. The average Bonchev–Trinajstić information content (AvgIpc) is 3.64. The Labute approximate surface area is 228 Å². The summed E-state index contributed by atoms with van der Waals surface area (Å²) in [5.41, 5.74) is 3.96. The van der Waals surface area contributed by atoms with Crippen LogP contribution in [-0.2, 0) is 17.6 Å². The van der Waals surface area contributed by atoms with Crippen LogP contribution in [0.25, 0.3) is 5.69 Å². The molecule has 200 valence electrons. The van der Waals surface area contributed by atoms with E-state index in [1.165, 1.54) is 61.9 Å². The lowest BCUT2D eigenvalue weighted by molar-refractivity contribution is -0.147. The summed E-state index contributed by atoms with van der Waals surface area (Å²) in [6.07, 6.45) is 11.8. The van der Waals surface area contributed by atoms with Crippen molar-refractivity contribution in [1.29, 1.82) is 0 Å². The Kier molecular flexibility index (Phi) is 7.08. The molecule has 1 atom stereocenters. The second-order valence-corrected chi connectivity index (χ2v) is 11.5. The molecule has 1 N–H and O–H groups in total. The van der Waals surface area contributed by atoms with E-state index < -0.39 is 11.6 Å². The highest BCUT2D eigenvalue weighted by molar-refractivity contribution is 6.30. The van der Waals surface area contributed by atoms with Gasteiger partial charge < -0.3 is 14.6 Å². The van der Waals surface area contributed by atoms with Crippen LogP contribution in [0.5, 0.6) is 11.5 Å². The van der Waals surface area contributed by atoms with E-state index in [1.54, 1.807) is 0 Å². The topological polar surface area (TPSA) is 73.6 Å². The first kappa shape index (κ1) is 25.3. The van der Waals surface area contributed by atoms with Crippen LogP contribution in [0, 0.1) is 5.92 Å². The van der Waals surface area contributed by atoms with Gasteiger partial charge in [-0.2, -0.15) is 5.10 Å². The van der Waals surface area contributed by atoms with Crippen molar-refractivity contribution in [1.82, 2.24) is 9.78 Å². The number of carboxylic acid groups (broad SMARTS) is 1. The molecular formula is C31H35ClN2O4. The van der Waals surface area contributed by atoms with E-state index in [0.29, 0.717) is 31.1 Å². The van der Waals surface area contributed by atoms with Gasteiger partial charge in [0.15, 0.2) is 0 Å². The number of nitrogens with zero attached hydrogens (tertiary/aromatic N) is 2. The molecule has 7 heteroatoms. The SMILES string of the molecule is O=C(O)C1(Oc2ccc(OCC(c3c4c(nn3-c3ccc(Cl)cc3)CCCC4)C3CCCCC3)cc2)CC1. The van der Waals surface area contributed by atoms with Gasteiger partial charge in [0.05, 0.1) is 23.7 Å². The van der Waals surface area contributed by atoms with Crippen LogP contribution in [0.2, 0.25) is 5.02 Å². The molecule has 1 aromatic heterocycles. The monoisotopic (exact) mass is 534 g/mol. The van der Waals surface area contributed by atoms with Gasteiger partial charge in [-0.15, -0.1) is 0 Å². The van der Waals surface area contributed by atoms with Crippen LogP contribution in [0.3, 0.4) is 0 Å². The molecule has 3 aromatic rings. The minimum atomic E-state index is -1.05. The molecule has 38 heavy (non-hydrogen) atoms. The molecule has 0 aliphatic heterocycles. The van der Waals surface area contributed by atoms with Crippen molar-refractivity contribution in [2.45, 2.75) is 82.1 Å². The van der Waals surface area contributed by atoms with Crippen molar-refractivity contribution in [3.05, 3.63) is 70.5 Å². The molecule has 6 rings (SSSR count). The number of hydrogen-bond donors (Lipinski definition) is 1. The Balaban J connectivity index is 1.28. The second-order valence-electron chi connectivity index (χ2n) is 11.1. The molecule has 0 radical (unpaired) electrons. The number of benzene rings is 2. The molecule has 1 heterocycles. The molecule has 0 bridgehead atoms. The third-order valence-electron chi connectivity index (χ3n) is 8.50. The summed E-state index contributed by atoms with van der Waals surface area (Å²) in [6.45, 7) is 0.579. The fourth-order valence-corrected chi connectivity index (χ4v) is 6.33. The highest BCUT2D eigenvalue weighted by atomic mass is 35.5.